The van der Waals surface area contributed by atoms with Gasteiger partial charge in [0.15, 0.2) is 0 Å². The lowest BCUT2D eigenvalue weighted by Crippen LogP contribution is -2.67. The minimum Gasteiger partial charge on any atom is -0.481 e. The molecular weight excluding hydrogens is 472 g/mol. The number of carboxylic acid groups (broad SMARTS) is 1. The number of rotatable bonds is 2. The molecule has 0 unspecified atom stereocenters. The molecule has 5 aliphatic carbocycles. The maximum Gasteiger partial charge on any atom is 0.310 e. The number of aliphatic hydroxyl groups excluding tert-OH is 1. The largest absolute Gasteiger partial charge is 0.481 e. The first-order valence-corrected chi connectivity index (χ1v) is 15.5. The van der Waals surface area contributed by atoms with E-state index < -0.39 is 11.4 Å². The third-order valence-corrected chi connectivity index (χ3v) is 14.1. The topological polar surface area (TPSA) is 81.9 Å². The highest BCUT2D eigenvalue weighted by Crippen LogP contribution is 2.76. The monoisotopic (exact) mass is 524 g/mol. The average molecular weight is 525 g/mol. The predicted molar refractivity (Wildman–Crippen MR) is 152 cm³/mol. The van der Waals surface area contributed by atoms with E-state index >= 15 is 0 Å². The van der Waals surface area contributed by atoms with Crippen LogP contribution in [0, 0.1) is 56.2 Å². The number of aliphatic hydroxyl groups is 1. The number of hydrogen-bond donors (Lipinski definition) is 3. The molecule has 0 saturated heterocycles. The highest BCUT2D eigenvalue weighted by molar-refractivity contribution is 5.86. The molecule has 0 bridgehead atoms. The van der Waals surface area contributed by atoms with Crippen LogP contribution >= 0.6 is 0 Å². The van der Waals surface area contributed by atoms with E-state index in [0.29, 0.717) is 11.8 Å². The molecule has 38 heavy (non-hydrogen) atoms. The fraction of sp³-hybridized carbons (Fsp3) is 0.879. The van der Waals surface area contributed by atoms with E-state index in [-0.39, 0.29) is 45.0 Å². The molecule has 5 heteroatoms. The molecule has 6 rings (SSSR count). The van der Waals surface area contributed by atoms with Gasteiger partial charge in [0.1, 0.15) is 5.84 Å². The van der Waals surface area contributed by atoms with Crippen molar-refractivity contribution in [3.05, 3.63) is 11.6 Å². The summed E-state index contributed by atoms with van der Waals surface area (Å²) in [6, 6.07) is 0. The van der Waals surface area contributed by atoms with Crippen molar-refractivity contribution in [1.82, 2.24) is 5.32 Å². The van der Waals surface area contributed by atoms with Gasteiger partial charge >= 0.3 is 5.97 Å². The van der Waals surface area contributed by atoms with Crippen molar-refractivity contribution in [2.24, 2.45) is 61.2 Å². The highest BCUT2D eigenvalue weighted by atomic mass is 16.4. The van der Waals surface area contributed by atoms with Crippen LogP contribution in [0.15, 0.2) is 16.6 Å². The molecule has 5 nitrogen and oxygen atoms in total. The smallest absolute Gasteiger partial charge is 0.310 e. The summed E-state index contributed by atoms with van der Waals surface area (Å²) < 4.78 is 0. The standard InChI is InChI=1S/C33H52N2O3/c1-28(2)12-14-33(27(37)38)15-13-31(6)21(22(33)19-28)8-9-24-30(5)18-20(26-34-16-17-35-26)25(36)29(3,4)23(30)10-11-32(24,31)7/h8,20,22-25,36H,9-19H2,1-7H3,(H,34,35)(H,37,38)/t20-,22+,23+,24-,25+,30+,31-,32-,33+/m1/s1. The van der Waals surface area contributed by atoms with Crippen LogP contribution in [0.4, 0.5) is 0 Å². The number of nitrogens with one attached hydrogen (secondary N) is 1. The van der Waals surface area contributed by atoms with Crippen molar-refractivity contribution in [2.45, 2.75) is 112 Å². The van der Waals surface area contributed by atoms with Gasteiger partial charge in [-0.25, -0.2) is 0 Å². The van der Waals surface area contributed by atoms with Gasteiger partial charge in [0.25, 0.3) is 0 Å². The zero-order valence-corrected chi connectivity index (χ0v) is 25.0. The number of nitrogens with zero attached hydrogens (tertiary/aromatic N) is 1. The molecule has 0 aromatic heterocycles. The third-order valence-electron chi connectivity index (χ3n) is 14.1. The van der Waals surface area contributed by atoms with Gasteiger partial charge in [-0.15, -0.1) is 0 Å². The average Bonchev–Trinajstić information content (AvgIpc) is 3.36. The van der Waals surface area contributed by atoms with Gasteiger partial charge < -0.3 is 15.5 Å². The molecule has 9 atom stereocenters. The van der Waals surface area contributed by atoms with E-state index in [2.05, 4.69) is 59.9 Å². The Hall–Kier alpha value is -1.36. The van der Waals surface area contributed by atoms with E-state index in [0.717, 1.165) is 70.3 Å². The lowest BCUT2D eigenvalue weighted by atomic mass is 9.33. The van der Waals surface area contributed by atoms with Crippen LogP contribution < -0.4 is 5.32 Å². The summed E-state index contributed by atoms with van der Waals surface area (Å²) in [5.41, 5.74) is 1.19. The summed E-state index contributed by atoms with van der Waals surface area (Å²) in [5.74, 6) is 1.69. The summed E-state index contributed by atoms with van der Waals surface area (Å²) in [6.07, 6.45) is 11.1. The summed E-state index contributed by atoms with van der Waals surface area (Å²) in [6.45, 7) is 18.6. The molecule has 0 aromatic rings. The second-order valence-electron chi connectivity index (χ2n) is 16.4. The molecule has 1 heterocycles. The lowest BCUT2D eigenvalue weighted by Gasteiger charge is -2.71. The van der Waals surface area contributed by atoms with E-state index in [9.17, 15) is 15.0 Å². The first kappa shape index (κ1) is 26.8. The number of carbonyl (C=O) groups is 1. The highest BCUT2D eigenvalue weighted by Gasteiger charge is 2.70. The van der Waals surface area contributed by atoms with Crippen LogP contribution in [0.5, 0.6) is 0 Å². The zero-order valence-electron chi connectivity index (χ0n) is 25.0. The van der Waals surface area contributed by atoms with Crippen LogP contribution in [-0.4, -0.2) is 41.2 Å². The Bertz CT molecular complexity index is 1090. The van der Waals surface area contributed by atoms with Crippen molar-refractivity contribution in [1.29, 1.82) is 0 Å². The quantitative estimate of drug-likeness (QED) is 0.362. The fourth-order valence-corrected chi connectivity index (χ4v) is 11.7. The number of amidine groups is 1. The molecule has 6 aliphatic rings. The molecule has 0 radical (unpaired) electrons. The molecule has 212 valence electrons. The van der Waals surface area contributed by atoms with Crippen molar-refractivity contribution >= 4 is 11.8 Å². The molecule has 4 fully saturated rings. The Balaban J connectivity index is 1.44. The fourth-order valence-electron chi connectivity index (χ4n) is 11.7. The molecule has 0 aromatic carbocycles. The number of carboxylic acids is 1. The third kappa shape index (κ3) is 3.26. The van der Waals surface area contributed by atoms with Crippen molar-refractivity contribution in [3.63, 3.8) is 0 Å². The van der Waals surface area contributed by atoms with Crippen LogP contribution in [0.2, 0.25) is 0 Å². The van der Waals surface area contributed by atoms with Gasteiger partial charge in [0.05, 0.1) is 18.1 Å². The number of aliphatic imine (C=N–C) groups is 1. The van der Waals surface area contributed by atoms with Crippen molar-refractivity contribution in [3.8, 4) is 0 Å². The van der Waals surface area contributed by atoms with Crippen LogP contribution in [0.3, 0.4) is 0 Å². The Labute approximate surface area is 230 Å². The molecule has 0 spiro atoms. The van der Waals surface area contributed by atoms with Crippen molar-refractivity contribution in [2.75, 3.05) is 13.1 Å². The van der Waals surface area contributed by atoms with E-state index in [1.54, 1.807) is 0 Å². The first-order valence-electron chi connectivity index (χ1n) is 15.5. The molecule has 1 aliphatic heterocycles. The van der Waals surface area contributed by atoms with E-state index in [4.69, 9.17) is 4.99 Å². The maximum absolute atomic E-state index is 12.9. The van der Waals surface area contributed by atoms with E-state index in [1.807, 2.05) is 0 Å². The molecule has 3 N–H and O–H groups in total. The minimum absolute atomic E-state index is 0.0275. The Morgan fingerprint density at radius 2 is 1.68 bits per heavy atom. The second-order valence-corrected chi connectivity index (χ2v) is 16.4. The molecular formula is C33H52N2O3. The van der Waals surface area contributed by atoms with Crippen LogP contribution in [0.1, 0.15) is 106 Å². The van der Waals surface area contributed by atoms with Gasteiger partial charge in [0, 0.05) is 12.5 Å². The van der Waals surface area contributed by atoms with Gasteiger partial charge in [-0.3, -0.25) is 9.79 Å². The Morgan fingerprint density at radius 1 is 0.974 bits per heavy atom. The van der Waals surface area contributed by atoms with Gasteiger partial charge in [-0.2, -0.15) is 0 Å². The number of hydrogen-bond acceptors (Lipinski definition) is 4. The van der Waals surface area contributed by atoms with Gasteiger partial charge in [-0.1, -0.05) is 60.1 Å². The molecule has 4 saturated carbocycles. The SMILES string of the molecule is CC1(C)CC[C@]2(C(=O)O)CC[C@]3(C)C(=CC[C@@H]4[C@@]5(C)C[C@@H](C6=NCCN6)[C@H](O)C(C)(C)[C@@H]5CC[C@]43C)[C@@H]2C1. The summed E-state index contributed by atoms with van der Waals surface area (Å²) in [5, 5.41) is 25.8. The molecule has 0 amide bonds. The maximum atomic E-state index is 12.9. The number of fused-ring (bicyclic) bond motifs is 7. The minimum atomic E-state index is -0.584. The van der Waals surface area contributed by atoms with Crippen LogP contribution in [-0.2, 0) is 4.79 Å². The number of aliphatic carboxylic acids is 1. The Kier molecular flexibility index (Phi) is 5.72. The normalized spacial score (nSPS) is 50.8. The summed E-state index contributed by atoms with van der Waals surface area (Å²) in [7, 11) is 0. The lowest BCUT2D eigenvalue weighted by molar-refractivity contribution is -0.213. The second kappa shape index (κ2) is 8.10. The van der Waals surface area contributed by atoms with Crippen LogP contribution in [0.25, 0.3) is 0 Å². The number of allylic oxidation sites excluding steroid dienone is 2. The first-order chi connectivity index (χ1) is 17.6. The zero-order chi connectivity index (χ0) is 27.5. The Morgan fingerprint density at radius 3 is 2.34 bits per heavy atom. The summed E-state index contributed by atoms with van der Waals surface area (Å²) in [4.78, 5) is 17.7. The van der Waals surface area contributed by atoms with Gasteiger partial charge in [-0.05, 0) is 103 Å². The van der Waals surface area contributed by atoms with Crippen molar-refractivity contribution < 1.29 is 15.0 Å². The van der Waals surface area contributed by atoms with Gasteiger partial charge in [0.2, 0.25) is 0 Å². The summed E-state index contributed by atoms with van der Waals surface area (Å²) >= 11 is 0. The van der Waals surface area contributed by atoms with E-state index in [1.165, 1.54) is 12.0 Å². The predicted octanol–water partition coefficient (Wildman–Crippen LogP) is 6.46.